The van der Waals surface area contributed by atoms with Gasteiger partial charge in [-0.3, -0.25) is 0 Å². The van der Waals surface area contributed by atoms with Gasteiger partial charge in [0.15, 0.2) is 16.6 Å². The lowest BCUT2D eigenvalue weighted by Crippen LogP contribution is -2.07. The SMILES string of the molecule is Cc1c(Cl)nn2c(CC3CCCC3)nnc2c1C. The first-order valence-electron chi connectivity index (χ1n) is 6.54. The van der Waals surface area contributed by atoms with Gasteiger partial charge in [-0.2, -0.15) is 9.61 Å². The molecule has 2 aromatic rings. The predicted molar refractivity (Wildman–Crippen MR) is 70.9 cm³/mol. The number of hydrogen-bond acceptors (Lipinski definition) is 3. The smallest absolute Gasteiger partial charge is 0.181 e. The fourth-order valence-corrected chi connectivity index (χ4v) is 2.95. The number of rotatable bonds is 2. The van der Waals surface area contributed by atoms with Gasteiger partial charge in [0.05, 0.1) is 0 Å². The molecule has 1 aliphatic carbocycles. The average Bonchev–Trinajstić information content (AvgIpc) is 2.98. The van der Waals surface area contributed by atoms with Crippen LogP contribution < -0.4 is 0 Å². The Kier molecular flexibility index (Phi) is 2.98. The summed E-state index contributed by atoms with van der Waals surface area (Å²) in [5, 5.41) is 13.5. The van der Waals surface area contributed by atoms with E-state index in [0.717, 1.165) is 34.9 Å². The van der Waals surface area contributed by atoms with E-state index in [1.807, 2.05) is 18.4 Å². The highest BCUT2D eigenvalue weighted by atomic mass is 35.5. The van der Waals surface area contributed by atoms with E-state index in [9.17, 15) is 0 Å². The van der Waals surface area contributed by atoms with Crippen molar-refractivity contribution in [3.05, 3.63) is 22.1 Å². The van der Waals surface area contributed by atoms with E-state index in [2.05, 4.69) is 15.3 Å². The summed E-state index contributed by atoms with van der Waals surface area (Å²) in [5.74, 6) is 1.68. The van der Waals surface area contributed by atoms with Gasteiger partial charge in [-0.1, -0.05) is 37.3 Å². The summed E-state index contributed by atoms with van der Waals surface area (Å²) in [6, 6.07) is 0. The molecule has 18 heavy (non-hydrogen) atoms. The van der Waals surface area contributed by atoms with E-state index in [1.165, 1.54) is 25.7 Å². The van der Waals surface area contributed by atoms with Crippen LogP contribution in [0.4, 0.5) is 0 Å². The van der Waals surface area contributed by atoms with E-state index in [-0.39, 0.29) is 0 Å². The third kappa shape index (κ3) is 1.88. The third-order valence-electron chi connectivity index (χ3n) is 4.05. The Labute approximate surface area is 111 Å². The van der Waals surface area contributed by atoms with Gasteiger partial charge in [-0.15, -0.1) is 10.2 Å². The zero-order valence-corrected chi connectivity index (χ0v) is 11.5. The first kappa shape index (κ1) is 11.9. The number of aromatic nitrogens is 4. The standard InChI is InChI=1S/C13H17ClN4/c1-8-9(2)13-16-15-11(18(13)17-12(8)14)7-10-5-3-4-6-10/h10H,3-7H2,1-2H3. The molecule has 0 spiro atoms. The highest BCUT2D eigenvalue weighted by molar-refractivity contribution is 6.30. The Balaban J connectivity index is 2.03. The number of fused-ring (bicyclic) bond motifs is 1. The van der Waals surface area contributed by atoms with Crippen LogP contribution in [0.1, 0.15) is 42.6 Å². The van der Waals surface area contributed by atoms with Crippen LogP contribution in [-0.2, 0) is 6.42 Å². The van der Waals surface area contributed by atoms with Crippen molar-refractivity contribution in [3.63, 3.8) is 0 Å². The van der Waals surface area contributed by atoms with Gasteiger partial charge in [0.25, 0.3) is 0 Å². The predicted octanol–water partition coefficient (Wildman–Crippen LogP) is 3.13. The van der Waals surface area contributed by atoms with Crippen LogP contribution in [0.3, 0.4) is 0 Å². The van der Waals surface area contributed by atoms with Crippen molar-refractivity contribution in [1.29, 1.82) is 0 Å². The largest absolute Gasteiger partial charge is 0.196 e. The molecular weight excluding hydrogens is 248 g/mol. The fraction of sp³-hybridized carbons (Fsp3) is 0.615. The van der Waals surface area contributed by atoms with Gasteiger partial charge in [0.2, 0.25) is 0 Å². The molecule has 0 unspecified atom stereocenters. The van der Waals surface area contributed by atoms with Gasteiger partial charge < -0.3 is 0 Å². The van der Waals surface area contributed by atoms with Crippen LogP contribution >= 0.6 is 11.6 Å². The molecule has 1 aliphatic rings. The van der Waals surface area contributed by atoms with Gasteiger partial charge >= 0.3 is 0 Å². The molecule has 96 valence electrons. The molecule has 4 nitrogen and oxygen atoms in total. The molecule has 0 aliphatic heterocycles. The Bertz CT molecular complexity index is 584. The second-order valence-electron chi connectivity index (χ2n) is 5.25. The lowest BCUT2D eigenvalue weighted by Gasteiger charge is -2.08. The quantitative estimate of drug-likeness (QED) is 0.837. The molecule has 0 aromatic carbocycles. The summed E-state index contributed by atoms with van der Waals surface area (Å²) in [7, 11) is 0. The molecule has 3 rings (SSSR count). The molecule has 2 aromatic heterocycles. The van der Waals surface area contributed by atoms with Crippen molar-refractivity contribution in [2.24, 2.45) is 5.92 Å². The maximum Gasteiger partial charge on any atom is 0.181 e. The third-order valence-corrected chi connectivity index (χ3v) is 4.41. The first-order chi connectivity index (χ1) is 8.66. The Hall–Kier alpha value is -1.16. The first-order valence-corrected chi connectivity index (χ1v) is 6.91. The van der Waals surface area contributed by atoms with Crippen molar-refractivity contribution in [2.45, 2.75) is 46.0 Å². The summed E-state index contributed by atoms with van der Waals surface area (Å²) < 4.78 is 1.82. The number of halogens is 1. The average molecular weight is 265 g/mol. The monoisotopic (exact) mass is 264 g/mol. The van der Waals surface area contributed by atoms with Crippen molar-refractivity contribution in [3.8, 4) is 0 Å². The van der Waals surface area contributed by atoms with Crippen molar-refractivity contribution >= 4 is 17.2 Å². The number of aryl methyl sites for hydroxylation is 1. The lowest BCUT2D eigenvalue weighted by atomic mass is 10.0. The second kappa shape index (κ2) is 4.50. The topological polar surface area (TPSA) is 43.1 Å². The van der Waals surface area contributed by atoms with Crippen LogP contribution in [-0.4, -0.2) is 19.8 Å². The van der Waals surface area contributed by atoms with Crippen molar-refractivity contribution in [2.75, 3.05) is 0 Å². The summed E-state index contributed by atoms with van der Waals surface area (Å²) in [6.45, 7) is 3.99. The molecule has 0 saturated heterocycles. The van der Waals surface area contributed by atoms with Crippen LogP contribution in [0.25, 0.3) is 5.65 Å². The van der Waals surface area contributed by atoms with Crippen molar-refractivity contribution in [1.82, 2.24) is 19.8 Å². The maximum atomic E-state index is 6.15. The summed E-state index contributed by atoms with van der Waals surface area (Å²) in [4.78, 5) is 0. The highest BCUT2D eigenvalue weighted by Gasteiger charge is 2.20. The highest BCUT2D eigenvalue weighted by Crippen LogP contribution is 2.28. The van der Waals surface area contributed by atoms with Crippen molar-refractivity contribution < 1.29 is 0 Å². The molecule has 1 saturated carbocycles. The number of nitrogens with zero attached hydrogens (tertiary/aromatic N) is 4. The second-order valence-corrected chi connectivity index (χ2v) is 5.61. The molecule has 0 N–H and O–H groups in total. The summed E-state index contributed by atoms with van der Waals surface area (Å²) >= 11 is 6.15. The van der Waals surface area contributed by atoms with Gasteiger partial charge in [-0.05, 0) is 25.3 Å². The Morgan fingerprint density at radius 1 is 1.17 bits per heavy atom. The molecule has 0 amide bonds. The molecule has 0 bridgehead atoms. The number of hydrogen-bond donors (Lipinski definition) is 0. The minimum Gasteiger partial charge on any atom is -0.196 e. The van der Waals surface area contributed by atoms with E-state index in [4.69, 9.17) is 11.6 Å². The van der Waals surface area contributed by atoms with Crippen LogP contribution in [0.2, 0.25) is 5.15 Å². The fourth-order valence-electron chi connectivity index (χ4n) is 2.74. The van der Waals surface area contributed by atoms with E-state index in [1.54, 1.807) is 0 Å². The van der Waals surface area contributed by atoms with Gasteiger partial charge in [0.1, 0.15) is 0 Å². The van der Waals surface area contributed by atoms with E-state index < -0.39 is 0 Å². The molecule has 2 heterocycles. The molecule has 0 radical (unpaired) electrons. The minimum atomic E-state index is 0.549. The molecule has 1 fully saturated rings. The Morgan fingerprint density at radius 3 is 2.61 bits per heavy atom. The van der Waals surface area contributed by atoms with Gasteiger partial charge in [0, 0.05) is 12.0 Å². The molecular formula is C13H17ClN4. The van der Waals surface area contributed by atoms with E-state index >= 15 is 0 Å². The maximum absolute atomic E-state index is 6.15. The van der Waals surface area contributed by atoms with Crippen LogP contribution in [0.15, 0.2) is 0 Å². The zero-order chi connectivity index (χ0) is 12.7. The molecule has 5 heteroatoms. The van der Waals surface area contributed by atoms with E-state index in [0.29, 0.717) is 5.15 Å². The Morgan fingerprint density at radius 2 is 1.89 bits per heavy atom. The minimum absolute atomic E-state index is 0.549. The lowest BCUT2D eigenvalue weighted by molar-refractivity contribution is 0.522. The molecule has 0 atom stereocenters. The normalized spacial score (nSPS) is 16.8. The van der Waals surface area contributed by atoms with Crippen LogP contribution in [0, 0.1) is 19.8 Å². The zero-order valence-electron chi connectivity index (χ0n) is 10.8. The summed E-state index contributed by atoms with van der Waals surface area (Å²) in [5.41, 5.74) is 2.90. The van der Waals surface area contributed by atoms with Gasteiger partial charge in [-0.25, -0.2) is 0 Å². The summed E-state index contributed by atoms with van der Waals surface area (Å²) in [6.07, 6.45) is 6.25. The van der Waals surface area contributed by atoms with Crippen LogP contribution in [0.5, 0.6) is 0 Å².